The van der Waals surface area contributed by atoms with Crippen molar-refractivity contribution >= 4 is 19.6 Å². The van der Waals surface area contributed by atoms with Gasteiger partial charge in [-0.2, -0.15) is 0 Å². The highest BCUT2D eigenvalue weighted by atomic mass is 31.2. The number of ketones is 1. The van der Waals surface area contributed by atoms with Gasteiger partial charge in [-0.25, -0.2) is 4.57 Å². The average molecular weight is 832 g/mol. The van der Waals surface area contributed by atoms with Crippen LogP contribution in [0.2, 0.25) is 0 Å². The molecule has 18 atom stereocenters. The van der Waals surface area contributed by atoms with Gasteiger partial charge in [-0.05, 0) is 74.9 Å². The predicted octanol–water partition coefficient (Wildman–Crippen LogP) is 0.857. The molecule has 0 amide bonds. The summed E-state index contributed by atoms with van der Waals surface area (Å²) in [6.45, 7) is 16.3. The smallest absolute Gasteiger partial charge is 0.459 e. The molecular formula is C37H70NO17P. The summed E-state index contributed by atoms with van der Waals surface area (Å²) in [6.07, 6.45) is -9.71. The van der Waals surface area contributed by atoms with Crippen LogP contribution in [0.1, 0.15) is 94.9 Å². The summed E-state index contributed by atoms with van der Waals surface area (Å²) in [5.74, 6) is -4.98. The summed E-state index contributed by atoms with van der Waals surface area (Å²) in [5.41, 5.74) is -4.84. The summed E-state index contributed by atoms with van der Waals surface area (Å²) in [7, 11) is 0.537. The van der Waals surface area contributed by atoms with E-state index < -0.39 is 115 Å². The van der Waals surface area contributed by atoms with Crippen molar-refractivity contribution in [1.82, 2.24) is 4.90 Å². The number of rotatable bonds is 7. The van der Waals surface area contributed by atoms with Gasteiger partial charge in [-0.15, -0.1) is 0 Å². The largest absolute Gasteiger partial charge is 0.466 e. The molecule has 0 aromatic rings. The molecule has 330 valence electrons. The standard InChI is InChI=1S/C37H67NO13.H3O4P/c1-14-25-37(10,45)30(41)20(4)27(39)18(2)16-35(8,44)32(51-34-28(40)24(38(11)12)15-19(3)47-34)21(5)29(22(6)33(43)49-25)50-26-17-36(9,46-13)31(42)23(7)48-26;1-5(2,3)4/h18-26,28-32,34,40-42,44-45H,14-17H2,1-13H3;(H3,1,2,3,4). The number of hydrogen-bond acceptors (Lipinski definition) is 15. The molecule has 0 spiro atoms. The highest BCUT2D eigenvalue weighted by Gasteiger charge is 2.53. The third-order valence-electron chi connectivity index (χ3n) is 11.8. The zero-order valence-electron chi connectivity index (χ0n) is 35.1. The lowest BCUT2D eigenvalue weighted by molar-refractivity contribution is -0.318. The van der Waals surface area contributed by atoms with Gasteiger partial charge in [0, 0.05) is 37.3 Å². The predicted molar refractivity (Wildman–Crippen MR) is 201 cm³/mol. The first-order valence-electron chi connectivity index (χ1n) is 19.3. The Bertz CT molecular complexity index is 1320. The van der Waals surface area contributed by atoms with Gasteiger partial charge in [0.05, 0.1) is 47.6 Å². The monoisotopic (exact) mass is 831 g/mol. The van der Waals surface area contributed by atoms with E-state index in [1.165, 1.54) is 27.9 Å². The first-order chi connectivity index (χ1) is 25.4. The quantitative estimate of drug-likeness (QED) is 0.131. The molecule has 0 aromatic carbocycles. The Kier molecular flexibility index (Phi) is 18.1. The van der Waals surface area contributed by atoms with E-state index in [1.807, 2.05) is 25.9 Å². The zero-order chi connectivity index (χ0) is 43.5. The van der Waals surface area contributed by atoms with E-state index in [-0.39, 0.29) is 31.4 Å². The SMILES string of the molecule is CCC1OC(=O)C(C)C(OC2CC(C)(OC)C(O)C(C)O2)C(C)C(OC2OC(C)CC(N(C)C)C2O)C(C)(O)CC(C)C(=O)C(C)C(O)C1(C)O.O=P(O)(O)O. The maximum absolute atomic E-state index is 14.1. The van der Waals surface area contributed by atoms with Crippen molar-refractivity contribution in [3.63, 3.8) is 0 Å². The van der Waals surface area contributed by atoms with Gasteiger partial charge in [-0.1, -0.05) is 27.7 Å². The van der Waals surface area contributed by atoms with Crippen molar-refractivity contribution in [2.24, 2.45) is 23.7 Å². The third kappa shape index (κ3) is 12.7. The lowest BCUT2D eigenvalue weighted by Gasteiger charge is -2.49. The van der Waals surface area contributed by atoms with Gasteiger partial charge in [0.2, 0.25) is 0 Å². The molecule has 0 bridgehead atoms. The van der Waals surface area contributed by atoms with E-state index in [9.17, 15) is 35.1 Å². The Morgan fingerprint density at radius 3 is 1.93 bits per heavy atom. The van der Waals surface area contributed by atoms with Crippen LogP contribution >= 0.6 is 7.82 Å². The van der Waals surface area contributed by atoms with Crippen LogP contribution in [0.25, 0.3) is 0 Å². The van der Waals surface area contributed by atoms with Crippen molar-refractivity contribution in [3.05, 3.63) is 0 Å². The molecule has 3 heterocycles. The molecule has 18 unspecified atom stereocenters. The number of carbonyl (C=O) groups is 2. The molecule has 0 aliphatic carbocycles. The van der Waals surface area contributed by atoms with E-state index in [1.54, 1.807) is 41.5 Å². The topological polar surface area (TPSA) is 272 Å². The number of phosphoric acid groups is 1. The number of aliphatic hydroxyl groups is 5. The van der Waals surface area contributed by atoms with Gasteiger partial charge in [-0.3, -0.25) is 9.59 Å². The van der Waals surface area contributed by atoms with Gasteiger partial charge in [0.25, 0.3) is 0 Å². The van der Waals surface area contributed by atoms with Crippen LogP contribution in [0.4, 0.5) is 0 Å². The molecule has 3 aliphatic heterocycles. The number of hydrogen-bond donors (Lipinski definition) is 8. The van der Waals surface area contributed by atoms with E-state index >= 15 is 0 Å². The molecule has 0 radical (unpaired) electrons. The van der Waals surface area contributed by atoms with E-state index in [4.69, 9.17) is 47.7 Å². The molecule has 56 heavy (non-hydrogen) atoms. The summed E-state index contributed by atoms with van der Waals surface area (Å²) in [6, 6.07) is -0.324. The van der Waals surface area contributed by atoms with Gasteiger partial charge < -0.3 is 73.5 Å². The lowest BCUT2D eigenvalue weighted by atomic mass is 9.74. The fourth-order valence-corrected chi connectivity index (χ4v) is 8.41. The number of nitrogens with zero attached hydrogens (tertiary/aromatic N) is 1. The number of carbonyl (C=O) groups excluding carboxylic acids is 2. The molecule has 0 saturated carbocycles. The maximum atomic E-state index is 14.1. The van der Waals surface area contributed by atoms with Crippen LogP contribution in [-0.4, -0.2) is 162 Å². The molecule has 3 aliphatic rings. The Labute approximate surface area is 331 Å². The zero-order valence-corrected chi connectivity index (χ0v) is 36.0. The van der Waals surface area contributed by atoms with Crippen LogP contribution in [0.5, 0.6) is 0 Å². The summed E-state index contributed by atoms with van der Waals surface area (Å²) >= 11 is 0. The van der Waals surface area contributed by atoms with Crippen LogP contribution < -0.4 is 0 Å². The number of methoxy groups -OCH3 is 1. The van der Waals surface area contributed by atoms with Crippen LogP contribution in [0.15, 0.2) is 0 Å². The molecule has 0 aromatic heterocycles. The summed E-state index contributed by atoms with van der Waals surface area (Å²) < 4.78 is 45.9. The number of likely N-dealkylation sites (N-methyl/N-ethyl adjacent to an activating group) is 1. The number of Topliss-reactive ketones (excluding diaryl/α,β-unsaturated/α-hetero) is 1. The molecule has 3 rings (SSSR count). The Morgan fingerprint density at radius 2 is 1.43 bits per heavy atom. The van der Waals surface area contributed by atoms with E-state index in [0.29, 0.717) is 6.42 Å². The highest BCUT2D eigenvalue weighted by Crippen LogP contribution is 2.41. The summed E-state index contributed by atoms with van der Waals surface area (Å²) in [4.78, 5) is 51.3. The van der Waals surface area contributed by atoms with Crippen molar-refractivity contribution in [3.8, 4) is 0 Å². The fraction of sp³-hybridized carbons (Fsp3) is 0.946. The molecule has 3 fully saturated rings. The van der Waals surface area contributed by atoms with Gasteiger partial charge in [0.1, 0.15) is 29.7 Å². The van der Waals surface area contributed by atoms with Crippen LogP contribution in [0.3, 0.4) is 0 Å². The minimum Gasteiger partial charge on any atom is -0.459 e. The normalized spacial score (nSPS) is 46.4. The Hall–Kier alpha value is -1.19. The Morgan fingerprint density at radius 1 is 0.875 bits per heavy atom. The van der Waals surface area contributed by atoms with Crippen molar-refractivity contribution in [2.45, 2.75) is 179 Å². The second-order valence-corrected chi connectivity index (χ2v) is 18.0. The van der Waals surface area contributed by atoms with Crippen LogP contribution in [-0.2, 0) is 42.6 Å². The van der Waals surface area contributed by atoms with Crippen molar-refractivity contribution in [2.75, 3.05) is 21.2 Å². The number of aliphatic hydroxyl groups excluding tert-OH is 3. The van der Waals surface area contributed by atoms with Crippen molar-refractivity contribution in [1.29, 1.82) is 0 Å². The Balaban J connectivity index is 0.00000203. The first-order valence-corrected chi connectivity index (χ1v) is 20.8. The second-order valence-electron chi connectivity index (χ2n) is 17.0. The fourth-order valence-electron chi connectivity index (χ4n) is 8.41. The lowest BCUT2D eigenvalue weighted by Crippen LogP contribution is -2.61. The van der Waals surface area contributed by atoms with Gasteiger partial charge in [0.15, 0.2) is 12.6 Å². The first kappa shape index (κ1) is 51.0. The maximum Gasteiger partial charge on any atom is 0.466 e. The van der Waals surface area contributed by atoms with E-state index in [0.717, 1.165) is 0 Å². The average Bonchev–Trinajstić information content (AvgIpc) is 3.08. The molecule has 3 saturated heterocycles. The highest BCUT2D eigenvalue weighted by molar-refractivity contribution is 7.45. The minimum atomic E-state index is -4.64. The van der Waals surface area contributed by atoms with Gasteiger partial charge >= 0.3 is 13.8 Å². The van der Waals surface area contributed by atoms with Crippen molar-refractivity contribution < 1.29 is 82.8 Å². The molecule has 8 N–H and O–H groups in total. The molecule has 18 nitrogen and oxygen atoms in total. The molecular weight excluding hydrogens is 761 g/mol. The molecule has 19 heteroatoms. The van der Waals surface area contributed by atoms with Crippen LogP contribution in [0, 0.1) is 23.7 Å². The third-order valence-corrected chi connectivity index (χ3v) is 11.8. The number of cyclic esters (lactones) is 1. The summed E-state index contributed by atoms with van der Waals surface area (Å²) in [5, 5.41) is 57.6. The van der Waals surface area contributed by atoms with E-state index in [2.05, 4.69) is 0 Å². The second kappa shape index (κ2) is 19.9. The minimum absolute atomic E-state index is 0.0936. The number of esters is 1. The number of ether oxygens (including phenoxy) is 6.